The Morgan fingerprint density at radius 2 is 1.97 bits per heavy atom. The van der Waals surface area contributed by atoms with Crippen molar-refractivity contribution in [3.05, 3.63) is 58.6 Å². The minimum Gasteiger partial charge on any atom is -0.338 e. The first-order valence-electron chi connectivity index (χ1n) is 10.0. The molecular weight excluding hydrogens is 438 g/mol. The molecule has 3 rings (SSSR count). The number of nitrogens with one attached hydrogen (secondary N) is 1. The van der Waals surface area contributed by atoms with Gasteiger partial charge in [-0.1, -0.05) is 23.7 Å². The lowest BCUT2D eigenvalue weighted by Gasteiger charge is -2.21. The number of rotatable bonds is 7. The summed E-state index contributed by atoms with van der Waals surface area (Å²) in [5.74, 6) is -0.380. The Balaban J connectivity index is 1.81. The highest BCUT2D eigenvalue weighted by molar-refractivity contribution is 7.89. The van der Waals surface area contributed by atoms with Crippen molar-refractivity contribution in [1.29, 1.82) is 0 Å². The van der Waals surface area contributed by atoms with Gasteiger partial charge in [0.15, 0.2) is 0 Å². The lowest BCUT2D eigenvalue weighted by molar-refractivity contribution is -0.128. The summed E-state index contributed by atoms with van der Waals surface area (Å²) in [6.45, 7) is 4.75. The number of nitrogens with zero attached hydrogens (tertiary/aromatic N) is 2. The van der Waals surface area contributed by atoms with Gasteiger partial charge in [0.05, 0.1) is 15.5 Å². The van der Waals surface area contributed by atoms with E-state index >= 15 is 0 Å². The van der Waals surface area contributed by atoms with Gasteiger partial charge in [-0.05, 0) is 56.2 Å². The number of carbonyl (C=O) groups excluding carboxylic acids is 2. The summed E-state index contributed by atoms with van der Waals surface area (Å²) in [6, 6.07) is 11.1. The predicted molar refractivity (Wildman–Crippen MR) is 121 cm³/mol. The highest BCUT2D eigenvalue weighted by Crippen LogP contribution is 2.25. The van der Waals surface area contributed by atoms with Gasteiger partial charge in [-0.3, -0.25) is 9.59 Å². The monoisotopic (exact) mass is 463 g/mol. The molecule has 2 aromatic carbocycles. The van der Waals surface area contributed by atoms with E-state index in [2.05, 4.69) is 5.32 Å². The number of carbonyl (C=O) groups is 2. The van der Waals surface area contributed by atoms with Crippen LogP contribution in [0.1, 0.15) is 42.6 Å². The van der Waals surface area contributed by atoms with E-state index in [1.165, 1.54) is 29.6 Å². The second-order valence-electron chi connectivity index (χ2n) is 7.83. The van der Waals surface area contributed by atoms with E-state index in [1.807, 2.05) is 6.07 Å². The fourth-order valence-corrected chi connectivity index (χ4v) is 4.92. The number of anilines is 1. The maximum Gasteiger partial charge on any atom is 0.257 e. The van der Waals surface area contributed by atoms with E-state index in [-0.39, 0.29) is 27.4 Å². The Kier molecular flexibility index (Phi) is 7.03. The standard InChI is InChI=1S/C22H26ClN3O4S/c1-15(2)25(3)31(29,30)18-9-10-20(23)19(13-18)22(28)24-17-7-4-6-16(12-17)14-26-11-5-8-21(26)27/h4,6-7,9-10,12-13,15H,5,8,11,14H2,1-3H3,(H,24,28). The summed E-state index contributed by atoms with van der Waals surface area (Å²) in [4.78, 5) is 26.5. The van der Waals surface area contributed by atoms with Crippen molar-refractivity contribution in [3.63, 3.8) is 0 Å². The number of hydrogen-bond acceptors (Lipinski definition) is 4. The third kappa shape index (κ3) is 5.26. The Bertz CT molecular complexity index is 1100. The summed E-state index contributed by atoms with van der Waals surface area (Å²) in [5, 5.41) is 2.93. The highest BCUT2D eigenvalue weighted by atomic mass is 35.5. The summed E-state index contributed by atoms with van der Waals surface area (Å²) in [7, 11) is -2.26. The van der Waals surface area contributed by atoms with E-state index in [4.69, 9.17) is 11.6 Å². The van der Waals surface area contributed by atoms with Crippen molar-refractivity contribution in [1.82, 2.24) is 9.21 Å². The molecule has 2 amide bonds. The molecule has 9 heteroatoms. The van der Waals surface area contributed by atoms with Gasteiger partial charge in [0, 0.05) is 38.3 Å². The first-order valence-corrected chi connectivity index (χ1v) is 11.9. The smallest absolute Gasteiger partial charge is 0.257 e. The van der Waals surface area contributed by atoms with Gasteiger partial charge in [0.2, 0.25) is 15.9 Å². The largest absolute Gasteiger partial charge is 0.338 e. The van der Waals surface area contributed by atoms with Crippen LogP contribution in [0.4, 0.5) is 5.69 Å². The number of likely N-dealkylation sites (tertiary alicyclic amines) is 1. The molecular formula is C22H26ClN3O4S. The normalized spacial score (nSPS) is 14.5. The number of sulfonamides is 1. The highest BCUT2D eigenvalue weighted by Gasteiger charge is 2.25. The molecule has 2 aromatic rings. The van der Waals surface area contributed by atoms with E-state index in [0.29, 0.717) is 18.7 Å². The first kappa shape index (κ1) is 23.2. The predicted octanol–water partition coefficient (Wildman–Crippen LogP) is 3.74. The van der Waals surface area contributed by atoms with Crippen molar-refractivity contribution >= 4 is 39.1 Å². The molecule has 0 saturated carbocycles. The molecule has 0 unspecified atom stereocenters. The van der Waals surface area contributed by atoms with Crippen molar-refractivity contribution in [2.45, 2.75) is 44.2 Å². The van der Waals surface area contributed by atoms with E-state index in [1.54, 1.807) is 36.9 Å². The molecule has 0 aliphatic carbocycles. The zero-order valence-electron chi connectivity index (χ0n) is 17.8. The molecule has 31 heavy (non-hydrogen) atoms. The van der Waals surface area contributed by atoms with Crippen molar-refractivity contribution in [3.8, 4) is 0 Å². The van der Waals surface area contributed by atoms with Gasteiger partial charge in [0.25, 0.3) is 5.91 Å². The van der Waals surface area contributed by atoms with E-state index in [0.717, 1.165) is 18.5 Å². The van der Waals surface area contributed by atoms with Gasteiger partial charge in [-0.25, -0.2) is 8.42 Å². The minimum absolute atomic E-state index is 0.000420. The van der Waals surface area contributed by atoms with Crippen LogP contribution in [0.25, 0.3) is 0 Å². The van der Waals surface area contributed by atoms with Crippen molar-refractivity contribution < 1.29 is 18.0 Å². The second kappa shape index (κ2) is 9.38. The van der Waals surface area contributed by atoms with Crippen LogP contribution < -0.4 is 5.32 Å². The van der Waals surface area contributed by atoms with E-state index < -0.39 is 15.9 Å². The SMILES string of the molecule is CC(C)N(C)S(=O)(=O)c1ccc(Cl)c(C(=O)Nc2cccc(CN3CCCC3=O)c2)c1. The maximum atomic E-state index is 12.9. The van der Waals surface area contributed by atoms with Crippen LogP contribution in [-0.2, 0) is 21.4 Å². The Hall–Kier alpha value is -2.42. The van der Waals surface area contributed by atoms with Crippen LogP contribution in [0.3, 0.4) is 0 Å². The van der Waals surface area contributed by atoms with Crippen molar-refractivity contribution in [2.24, 2.45) is 0 Å². The van der Waals surface area contributed by atoms with E-state index in [9.17, 15) is 18.0 Å². The molecule has 0 atom stereocenters. The molecule has 0 bridgehead atoms. The lowest BCUT2D eigenvalue weighted by atomic mass is 10.1. The fourth-order valence-electron chi connectivity index (χ4n) is 3.32. The molecule has 1 saturated heterocycles. The number of benzene rings is 2. The summed E-state index contributed by atoms with van der Waals surface area (Å²) >= 11 is 6.20. The van der Waals surface area contributed by atoms with Gasteiger partial charge in [-0.2, -0.15) is 4.31 Å². The Morgan fingerprint density at radius 3 is 2.61 bits per heavy atom. The molecule has 0 aromatic heterocycles. The fraction of sp³-hybridized carbons (Fsp3) is 0.364. The average molecular weight is 464 g/mol. The van der Waals surface area contributed by atoms with Crippen molar-refractivity contribution in [2.75, 3.05) is 18.9 Å². The van der Waals surface area contributed by atoms with Crippen LogP contribution in [0, 0.1) is 0 Å². The molecule has 7 nitrogen and oxygen atoms in total. The molecule has 1 aliphatic rings. The summed E-state index contributed by atoms with van der Waals surface area (Å²) < 4.78 is 26.8. The first-order chi connectivity index (χ1) is 14.6. The average Bonchev–Trinajstić information content (AvgIpc) is 3.12. The summed E-state index contributed by atoms with van der Waals surface area (Å²) in [6.07, 6.45) is 1.43. The zero-order chi connectivity index (χ0) is 22.8. The van der Waals surface area contributed by atoms with Crippen LogP contribution in [0.15, 0.2) is 47.4 Å². The van der Waals surface area contributed by atoms with Gasteiger partial charge < -0.3 is 10.2 Å². The Morgan fingerprint density at radius 1 is 1.23 bits per heavy atom. The second-order valence-corrected chi connectivity index (χ2v) is 10.2. The number of halogens is 1. The maximum absolute atomic E-state index is 12.9. The van der Waals surface area contributed by atoms with Crippen LogP contribution in [0.2, 0.25) is 5.02 Å². The van der Waals surface area contributed by atoms with Crippen LogP contribution >= 0.6 is 11.6 Å². The molecule has 1 aliphatic heterocycles. The molecule has 1 fully saturated rings. The lowest BCUT2D eigenvalue weighted by Crippen LogP contribution is -2.33. The van der Waals surface area contributed by atoms with Gasteiger partial charge in [-0.15, -0.1) is 0 Å². The molecule has 0 radical (unpaired) electrons. The number of amides is 2. The molecule has 1 heterocycles. The summed E-state index contributed by atoms with van der Waals surface area (Å²) in [5.41, 5.74) is 1.51. The van der Waals surface area contributed by atoms with Crippen LogP contribution in [0.5, 0.6) is 0 Å². The van der Waals surface area contributed by atoms with Gasteiger partial charge in [0.1, 0.15) is 0 Å². The zero-order valence-corrected chi connectivity index (χ0v) is 19.3. The number of hydrogen-bond donors (Lipinski definition) is 1. The molecule has 0 spiro atoms. The minimum atomic E-state index is -3.75. The van der Waals surface area contributed by atoms with Gasteiger partial charge >= 0.3 is 0 Å². The topological polar surface area (TPSA) is 86.8 Å². The third-order valence-corrected chi connectivity index (χ3v) is 7.68. The third-order valence-electron chi connectivity index (χ3n) is 5.32. The molecule has 166 valence electrons. The van der Waals surface area contributed by atoms with Crippen LogP contribution in [-0.4, -0.2) is 49.1 Å². The quantitative estimate of drug-likeness (QED) is 0.677. The Labute approximate surface area is 188 Å². The molecule has 1 N–H and O–H groups in total.